The topological polar surface area (TPSA) is 95.7 Å². The molecule has 0 aliphatic heterocycles. The zero-order valence-electron chi connectivity index (χ0n) is 10.4. The molecule has 0 fully saturated rings. The van der Waals surface area contributed by atoms with Gasteiger partial charge in [-0.2, -0.15) is 4.68 Å². The zero-order valence-corrected chi connectivity index (χ0v) is 12.0. The summed E-state index contributed by atoms with van der Waals surface area (Å²) in [6.07, 6.45) is 1.40. The molecule has 21 heavy (non-hydrogen) atoms. The lowest BCUT2D eigenvalue weighted by Crippen LogP contribution is -2.10. The summed E-state index contributed by atoms with van der Waals surface area (Å²) in [5.41, 5.74) is 1.29. The van der Waals surface area contributed by atoms with Gasteiger partial charge in [0, 0.05) is 11.5 Å². The van der Waals surface area contributed by atoms with Crippen molar-refractivity contribution in [1.29, 1.82) is 0 Å². The van der Waals surface area contributed by atoms with Crippen LogP contribution in [0.1, 0.15) is 16.1 Å². The van der Waals surface area contributed by atoms with Gasteiger partial charge in [-0.1, -0.05) is 28.2 Å². The number of tetrazole rings is 1. The molecule has 2 aromatic heterocycles. The Hall–Kier alpha value is -2.39. The molecule has 0 aliphatic carbocycles. The van der Waals surface area contributed by atoms with Crippen molar-refractivity contribution in [3.05, 3.63) is 46.2 Å². The van der Waals surface area contributed by atoms with E-state index < -0.39 is 5.97 Å². The van der Waals surface area contributed by atoms with Gasteiger partial charge in [0.05, 0.1) is 11.3 Å². The first-order chi connectivity index (χ1) is 10.3. The Bertz CT molecular complexity index is 760. The average Bonchev–Trinajstić information content (AvgIpc) is 3.16. The molecule has 3 aromatic rings. The van der Waals surface area contributed by atoms with Crippen LogP contribution < -0.4 is 0 Å². The summed E-state index contributed by atoms with van der Waals surface area (Å²) in [7, 11) is 0. The van der Waals surface area contributed by atoms with Crippen LogP contribution in [0.2, 0.25) is 4.34 Å². The standard InChI is InChI=1S/C11H7ClN6O2S/c12-10-8(14-17-21-10)5-20-11(19)7-3-1-2-4-9(7)18-6-13-15-16-18/h1-4,6H,5H2. The average molecular weight is 323 g/mol. The molecule has 0 radical (unpaired) electrons. The maximum absolute atomic E-state index is 12.2. The van der Waals surface area contributed by atoms with E-state index in [0.29, 0.717) is 21.3 Å². The third-order valence-electron chi connectivity index (χ3n) is 2.57. The van der Waals surface area contributed by atoms with Gasteiger partial charge in [-0.3, -0.25) is 0 Å². The first-order valence-corrected chi connectivity index (χ1v) is 6.87. The predicted octanol–water partition coefficient (Wildman–Crippen LogP) is 1.52. The number of nitrogens with zero attached hydrogens (tertiary/aromatic N) is 6. The Morgan fingerprint density at radius 2 is 2.24 bits per heavy atom. The van der Waals surface area contributed by atoms with Crippen molar-refractivity contribution in [2.75, 3.05) is 0 Å². The maximum atomic E-state index is 12.2. The van der Waals surface area contributed by atoms with Crippen molar-refractivity contribution in [2.45, 2.75) is 6.61 Å². The second kappa shape index (κ2) is 5.94. The van der Waals surface area contributed by atoms with Gasteiger partial charge in [0.25, 0.3) is 0 Å². The van der Waals surface area contributed by atoms with E-state index in [4.69, 9.17) is 16.3 Å². The van der Waals surface area contributed by atoms with Crippen LogP contribution in [0.15, 0.2) is 30.6 Å². The van der Waals surface area contributed by atoms with Crippen molar-refractivity contribution < 1.29 is 9.53 Å². The van der Waals surface area contributed by atoms with Gasteiger partial charge >= 0.3 is 5.97 Å². The Balaban J connectivity index is 1.81. The van der Waals surface area contributed by atoms with Crippen LogP contribution in [0.4, 0.5) is 0 Å². The Morgan fingerprint density at radius 1 is 1.38 bits per heavy atom. The van der Waals surface area contributed by atoms with E-state index in [-0.39, 0.29) is 6.61 Å². The van der Waals surface area contributed by atoms with Crippen LogP contribution in [0.5, 0.6) is 0 Å². The number of para-hydroxylation sites is 1. The van der Waals surface area contributed by atoms with E-state index >= 15 is 0 Å². The molecule has 0 amide bonds. The highest BCUT2D eigenvalue weighted by Crippen LogP contribution is 2.19. The minimum atomic E-state index is -0.523. The summed E-state index contributed by atoms with van der Waals surface area (Å²) in [4.78, 5) is 12.2. The van der Waals surface area contributed by atoms with E-state index in [9.17, 15) is 4.79 Å². The van der Waals surface area contributed by atoms with Crippen molar-refractivity contribution in [2.24, 2.45) is 0 Å². The fourth-order valence-corrected chi connectivity index (χ4v) is 2.21. The van der Waals surface area contributed by atoms with Crippen LogP contribution in [0.25, 0.3) is 5.69 Å². The molecule has 0 N–H and O–H groups in total. The lowest BCUT2D eigenvalue weighted by molar-refractivity contribution is 0.0468. The fourth-order valence-electron chi connectivity index (χ4n) is 1.61. The number of benzene rings is 1. The molecule has 0 saturated carbocycles. The van der Waals surface area contributed by atoms with E-state index in [1.807, 2.05) is 0 Å². The minimum absolute atomic E-state index is 0.0435. The number of hydrogen-bond donors (Lipinski definition) is 0. The highest BCUT2D eigenvalue weighted by atomic mass is 35.5. The number of carbonyl (C=O) groups excluding carboxylic acids is 1. The smallest absolute Gasteiger partial charge is 0.340 e. The highest BCUT2D eigenvalue weighted by Gasteiger charge is 2.16. The van der Waals surface area contributed by atoms with Crippen molar-refractivity contribution in [3.8, 4) is 5.69 Å². The van der Waals surface area contributed by atoms with Crippen molar-refractivity contribution >= 4 is 29.1 Å². The van der Waals surface area contributed by atoms with E-state index in [1.165, 1.54) is 11.0 Å². The molecule has 106 valence electrons. The van der Waals surface area contributed by atoms with Crippen LogP contribution in [-0.2, 0) is 11.3 Å². The van der Waals surface area contributed by atoms with Crippen molar-refractivity contribution in [1.82, 2.24) is 29.8 Å². The lowest BCUT2D eigenvalue weighted by atomic mass is 10.2. The van der Waals surface area contributed by atoms with Gasteiger partial charge in [0.1, 0.15) is 23.0 Å². The van der Waals surface area contributed by atoms with Gasteiger partial charge in [-0.15, -0.1) is 10.2 Å². The fraction of sp³-hybridized carbons (Fsp3) is 0.0909. The van der Waals surface area contributed by atoms with Crippen molar-refractivity contribution in [3.63, 3.8) is 0 Å². The normalized spacial score (nSPS) is 10.5. The largest absolute Gasteiger partial charge is 0.455 e. The number of hydrogen-bond acceptors (Lipinski definition) is 8. The van der Waals surface area contributed by atoms with E-state index in [1.54, 1.807) is 24.3 Å². The number of ether oxygens (including phenoxy) is 1. The number of aromatic nitrogens is 6. The molecule has 0 atom stereocenters. The molecule has 0 unspecified atom stereocenters. The summed E-state index contributed by atoms with van der Waals surface area (Å²) in [6, 6.07) is 6.83. The Kier molecular flexibility index (Phi) is 3.84. The molecular formula is C11H7ClN6O2S. The molecule has 8 nitrogen and oxygen atoms in total. The van der Waals surface area contributed by atoms with Crippen LogP contribution in [-0.4, -0.2) is 35.8 Å². The van der Waals surface area contributed by atoms with Gasteiger partial charge in [-0.25, -0.2) is 4.79 Å². The molecule has 3 rings (SSSR count). The number of halogens is 1. The molecule has 0 saturated heterocycles. The second-order valence-corrected chi connectivity index (χ2v) is 5.20. The minimum Gasteiger partial charge on any atom is -0.455 e. The third-order valence-corrected chi connectivity index (χ3v) is 3.55. The van der Waals surface area contributed by atoms with E-state index in [0.717, 1.165) is 11.5 Å². The summed E-state index contributed by atoms with van der Waals surface area (Å²) in [5.74, 6) is -0.523. The Morgan fingerprint density at radius 3 is 2.95 bits per heavy atom. The molecule has 1 aromatic carbocycles. The molecule has 0 spiro atoms. The van der Waals surface area contributed by atoms with Crippen LogP contribution in [0.3, 0.4) is 0 Å². The van der Waals surface area contributed by atoms with Gasteiger partial charge in [0.2, 0.25) is 0 Å². The Labute approximate surface area is 127 Å². The summed E-state index contributed by atoms with van der Waals surface area (Å²) in [5, 5.41) is 14.6. The SMILES string of the molecule is O=C(OCc1nnsc1Cl)c1ccccc1-n1cnnn1. The summed E-state index contributed by atoms with van der Waals surface area (Å²) in [6.45, 7) is -0.0435. The lowest BCUT2D eigenvalue weighted by Gasteiger charge is -2.07. The van der Waals surface area contributed by atoms with E-state index in [2.05, 4.69) is 25.1 Å². The first kappa shape index (κ1) is 13.6. The maximum Gasteiger partial charge on any atom is 0.340 e. The highest BCUT2D eigenvalue weighted by molar-refractivity contribution is 7.10. The zero-order chi connectivity index (χ0) is 14.7. The number of carbonyl (C=O) groups is 1. The first-order valence-electron chi connectivity index (χ1n) is 5.72. The van der Waals surface area contributed by atoms with Crippen LogP contribution >= 0.6 is 23.1 Å². The summed E-state index contributed by atoms with van der Waals surface area (Å²) < 4.78 is 10.6. The van der Waals surface area contributed by atoms with Gasteiger partial charge < -0.3 is 4.74 Å². The predicted molar refractivity (Wildman–Crippen MR) is 73.2 cm³/mol. The van der Waals surface area contributed by atoms with Crippen LogP contribution in [0, 0.1) is 0 Å². The molecule has 2 heterocycles. The molecular weight excluding hydrogens is 316 g/mol. The summed E-state index contributed by atoms with van der Waals surface area (Å²) >= 11 is 6.89. The molecule has 0 aliphatic rings. The quantitative estimate of drug-likeness (QED) is 0.672. The monoisotopic (exact) mass is 322 g/mol. The van der Waals surface area contributed by atoms with Gasteiger partial charge in [-0.05, 0) is 22.6 Å². The molecule has 10 heteroatoms. The number of rotatable bonds is 4. The second-order valence-electron chi connectivity index (χ2n) is 3.84. The third kappa shape index (κ3) is 2.88. The molecule has 0 bridgehead atoms. The number of esters is 1. The van der Waals surface area contributed by atoms with Gasteiger partial charge in [0.15, 0.2) is 0 Å².